The number of anilines is 1. The van der Waals surface area contributed by atoms with E-state index in [2.05, 4.69) is 20.7 Å². The molecule has 3 N–H and O–H groups in total. The molecule has 2 rings (SSSR count). The highest BCUT2D eigenvalue weighted by Crippen LogP contribution is 2.24. The van der Waals surface area contributed by atoms with Crippen molar-refractivity contribution in [2.45, 2.75) is 17.7 Å². The van der Waals surface area contributed by atoms with E-state index < -0.39 is 10.0 Å². The van der Waals surface area contributed by atoms with Gasteiger partial charge < -0.3 is 10.5 Å². The molecular weight excluding hydrogens is 332 g/mol. The van der Waals surface area contributed by atoms with Crippen molar-refractivity contribution in [1.29, 1.82) is 0 Å². The second kappa shape index (κ2) is 6.21. The molecule has 1 atom stereocenters. The summed E-state index contributed by atoms with van der Waals surface area (Å²) in [5.74, 6) is 0.246. The van der Waals surface area contributed by atoms with Gasteiger partial charge in [-0.15, -0.1) is 0 Å². The van der Waals surface area contributed by atoms with Crippen LogP contribution in [-0.4, -0.2) is 28.2 Å². The molecule has 7 heteroatoms. The molecule has 19 heavy (non-hydrogen) atoms. The van der Waals surface area contributed by atoms with Gasteiger partial charge in [-0.05, 0) is 52.9 Å². The number of nitrogens with two attached hydrogens (primary N) is 1. The number of hydrogen-bond donors (Lipinski definition) is 2. The molecule has 1 aliphatic heterocycles. The molecule has 5 nitrogen and oxygen atoms in total. The van der Waals surface area contributed by atoms with Gasteiger partial charge in [0.05, 0.1) is 11.5 Å². The normalized spacial score (nSPS) is 20.4. The first kappa shape index (κ1) is 14.8. The van der Waals surface area contributed by atoms with Crippen molar-refractivity contribution in [3.63, 3.8) is 0 Å². The Hall–Kier alpha value is -0.630. The minimum atomic E-state index is -3.52. The van der Waals surface area contributed by atoms with Gasteiger partial charge in [0, 0.05) is 23.3 Å². The maximum Gasteiger partial charge on any atom is 0.241 e. The molecule has 0 bridgehead atoms. The van der Waals surface area contributed by atoms with E-state index in [1.54, 1.807) is 12.1 Å². The minimum Gasteiger partial charge on any atom is -0.399 e. The molecule has 1 aliphatic rings. The van der Waals surface area contributed by atoms with E-state index in [1.165, 1.54) is 6.07 Å². The van der Waals surface area contributed by atoms with E-state index >= 15 is 0 Å². The van der Waals surface area contributed by atoms with Gasteiger partial charge in [0.15, 0.2) is 0 Å². The predicted molar refractivity (Wildman–Crippen MR) is 77.3 cm³/mol. The van der Waals surface area contributed by atoms with Crippen LogP contribution in [0.2, 0.25) is 0 Å². The Labute approximate surface area is 121 Å². The number of hydrogen-bond acceptors (Lipinski definition) is 4. The monoisotopic (exact) mass is 348 g/mol. The SMILES string of the molecule is Nc1ccc(S(=O)(=O)NCC2CCCOC2)c(Br)c1. The average molecular weight is 349 g/mol. The van der Waals surface area contributed by atoms with Crippen LogP contribution in [0.4, 0.5) is 5.69 Å². The Bertz CT molecular complexity index is 542. The second-order valence-corrected chi connectivity index (χ2v) is 7.21. The maximum atomic E-state index is 12.2. The Morgan fingerprint density at radius 1 is 1.47 bits per heavy atom. The summed E-state index contributed by atoms with van der Waals surface area (Å²) in [7, 11) is -3.52. The summed E-state index contributed by atoms with van der Waals surface area (Å²) < 4.78 is 32.8. The van der Waals surface area contributed by atoms with Gasteiger partial charge in [-0.3, -0.25) is 0 Å². The lowest BCUT2D eigenvalue weighted by molar-refractivity contribution is 0.0568. The van der Waals surface area contributed by atoms with Crippen LogP contribution in [0.3, 0.4) is 0 Å². The van der Waals surface area contributed by atoms with Crippen molar-refractivity contribution >= 4 is 31.6 Å². The quantitative estimate of drug-likeness (QED) is 0.812. The third-order valence-corrected chi connectivity index (χ3v) is 5.46. The molecule has 1 aromatic carbocycles. The van der Waals surface area contributed by atoms with E-state index in [-0.39, 0.29) is 10.8 Å². The number of ether oxygens (including phenoxy) is 1. The van der Waals surface area contributed by atoms with Gasteiger partial charge in [-0.1, -0.05) is 0 Å². The van der Waals surface area contributed by atoms with Gasteiger partial charge in [-0.2, -0.15) is 0 Å². The average Bonchev–Trinajstić information content (AvgIpc) is 2.37. The summed E-state index contributed by atoms with van der Waals surface area (Å²) in [6, 6.07) is 4.65. The van der Waals surface area contributed by atoms with Crippen molar-refractivity contribution in [2.75, 3.05) is 25.5 Å². The van der Waals surface area contributed by atoms with Crippen molar-refractivity contribution in [3.05, 3.63) is 22.7 Å². The summed E-state index contributed by atoms with van der Waals surface area (Å²) in [4.78, 5) is 0.207. The highest BCUT2D eigenvalue weighted by Gasteiger charge is 2.21. The Kier molecular flexibility index (Phi) is 4.83. The Balaban J connectivity index is 2.05. The third kappa shape index (κ3) is 3.92. The van der Waals surface area contributed by atoms with Crippen LogP contribution in [-0.2, 0) is 14.8 Å². The fourth-order valence-corrected chi connectivity index (χ4v) is 4.22. The van der Waals surface area contributed by atoms with Crippen LogP contribution in [0.25, 0.3) is 0 Å². The van der Waals surface area contributed by atoms with Crippen LogP contribution in [0, 0.1) is 5.92 Å². The van der Waals surface area contributed by atoms with Gasteiger partial charge in [0.25, 0.3) is 0 Å². The molecule has 1 aromatic rings. The van der Waals surface area contributed by atoms with Crippen molar-refractivity contribution < 1.29 is 13.2 Å². The molecule has 1 heterocycles. The molecule has 0 radical (unpaired) electrons. The minimum absolute atomic E-state index is 0.207. The van der Waals surface area contributed by atoms with E-state index in [9.17, 15) is 8.42 Å². The Morgan fingerprint density at radius 2 is 2.26 bits per heavy atom. The van der Waals surface area contributed by atoms with Crippen LogP contribution < -0.4 is 10.5 Å². The lowest BCUT2D eigenvalue weighted by Gasteiger charge is -2.22. The highest BCUT2D eigenvalue weighted by atomic mass is 79.9. The van der Waals surface area contributed by atoms with Crippen LogP contribution >= 0.6 is 15.9 Å². The first-order valence-electron chi connectivity index (χ1n) is 6.11. The molecule has 106 valence electrons. The smallest absolute Gasteiger partial charge is 0.241 e. The molecule has 0 saturated carbocycles. The first-order valence-corrected chi connectivity index (χ1v) is 8.39. The molecule has 0 aromatic heterocycles. The summed E-state index contributed by atoms with van der Waals surface area (Å²) >= 11 is 3.23. The van der Waals surface area contributed by atoms with Crippen molar-refractivity contribution in [1.82, 2.24) is 4.72 Å². The van der Waals surface area contributed by atoms with Crippen molar-refractivity contribution in [2.24, 2.45) is 5.92 Å². The lowest BCUT2D eigenvalue weighted by atomic mass is 10.0. The zero-order valence-corrected chi connectivity index (χ0v) is 12.8. The molecule has 0 spiro atoms. The van der Waals surface area contributed by atoms with Gasteiger partial charge in [0.2, 0.25) is 10.0 Å². The maximum absolute atomic E-state index is 12.2. The molecular formula is C12H17BrN2O3S. The van der Waals surface area contributed by atoms with E-state index in [4.69, 9.17) is 10.5 Å². The molecule has 0 aliphatic carbocycles. The largest absolute Gasteiger partial charge is 0.399 e. The number of sulfonamides is 1. The third-order valence-electron chi connectivity index (χ3n) is 3.06. The number of nitrogens with one attached hydrogen (secondary N) is 1. The fourth-order valence-electron chi connectivity index (χ4n) is 2.01. The van der Waals surface area contributed by atoms with Gasteiger partial charge >= 0.3 is 0 Å². The summed E-state index contributed by atoms with van der Waals surface area (Å²) in [5.41, 5.74) is 6.12. The molecule has 1 unspecified atom stereocenters. The standard InChI is InChI=1S/C12H17BrN2O3S/c13-11-6-10(14)3-4-12(11)19(16,17)15-7-9-2-1-5-18-8-9/h3-4,6,9,15H,1-2,5,7-8,14H2. The number of rotatable bonds is 4. The first-order chi connectivity index (χ1) is 8.99. The zero-order valence-electron chi connectivity index (χ0n) is 10.4. The van der Waals surface area contributed by atoms with Crippen molar-refractivity contribution in [3.8, 4) is 0 Å². The van der Waals surface area contributed by atoms with E-state index in [0.29, 0.717) is 23.3 Å². The summed E-state index contributed by atoms with van der Waals surface area (Å²) in [5, 5.41) is 0. The van der Waals surface area contributed by atoms with Crippen LogP contribution in [0.1, 0.15) is 12.8 Å². The highest BCUT2D eigenvalue weighted by molar-refractivity contribution is 9.10. The van der Waals surface area contributed by atoms with Gasteiger partial charge in [0.1, 0.15) is 0 Å². The van der Waals surface area contributed by atoms with Crippen LogP contribution in [0.15, 0.2) is 27.6 Å². The topological polar surface area (TPSA) is 81.4 Å². The van der Waals surface area contributed by atoms with E-state index in [1.807, 2.05) is 0 Å². The number of nitrogen functional groups attached to an aromatic ring is 1. The van der Waals surface area contributed by atoms with E-state index in [0.717, 1.165) is 19.4 Å². The summed E-state index contributed by atoms with van der Waals surface area (Å²) in [6.07, 6.45) is 1.98. The number of benzene rings is 1. The predicted octanol–water partition coefficient (Wildman–Crippen LogP) is 1.74. The Morgan fingerprint density at radius 3 is 2.89 bits per heavy atom. The van der Waals surface area contributed by atoms with Gasteiger partial charge in [-0.25, -0.2) is 13.1 Å². The summed E-state index contributed by atoms with van der Waals surface area (Å²) in [6.45, 7) is 1.79. The zero-order chi connectivity index (χ0) is 13.9. The molecule has 1 fully saturated rings. The lowest BCUT2D eigenvalue weighted by Crippen LogP contribution is -2.33. The fraction of sp³-hybridized carbons (Fsp3) is 0.500. The molecule has 0 amide bonds. The van der Waals surface area contributed by atoms with Crippen LogP contribution in [0.5, 0.6) is 0 Å². The second-order valence-electron chi connectivity index (χ2n) is 4.62. The molecule has 1 saturated heterocycles. The number of halogens is 1.